The van der Waals surface area contributed by atoms with Gasteiger partial charge in [0.2, 0.25) is 5.91 Å². The summed E-state index contributed by atoms with van der Waals surface area (Å²) in [5.41, 5.74) is 0. The van der Waals surface area contributed by atoms with Crippen LogP contribution in [0.15, 0.2) is 0 Å². The second-order valence-corrected chi connectivity index (χ2v) is 5.42. The number of unbranched alkanes of at least 4 members (excludes halogenated alkanes) is 1. The highest BCUT2D eigenvalue weighted by molar-refractivity contribution is 5.81. The lowest BCUT2D eigenvalue weighted by atomic mass is 10.1. The molecule has 3 heteroatoms. The fourth-order valence-electron chi connectivity index (χ4n) is 2.49. The molecule has 0 aromatic carbocycles. The lowest BCUT2D eigenvalue weighted by Crippen LogP contribution is -2.48. The minimum atomic E-state index is -0.0672. The Morgan fingerprint density at radius 1 is 1.29 bits per heavy atom. The van der Waals surface area contributed by atoms with Gasteiger partial charge in [-0.3, -0.25) is 4.79 Å². The van der Waals surface area contributed by atoms with Crippen LogP contribution in [0.3, 0.4) is 0 Å². The normalized spacial score (nSPS) is 20.2. The standard InChI is InChI=1S/C14H28N2O/c1-4-5-8-11(2)15-12(3)14(17)16-13-9-6-7-10-13/h11-13,15H,4-10H2,1-3H3,(H,16,17). The topological polar surface area (TPSA) is 41.1 Å². The molecule has 0 aliphatic heterocycles. The van der Waals surface area contributed by atoms with Crippen molar-refractivity contribution in [3.05, 3.63) is 0 Å². The van der Waals surface area contributed by atoms with Crippen LogP contribution in [0.5, 0.6) is 0 Å². The molecular formula is C14H28N2O. The third kappa shape index (κ3) is 5.53. The first-order valence-electron chi connectivity index (χ1n) is 7.20. The van der Waals surface area contributed by atoms with E-state index in [0.717, 1.165) is 19.3 Å². The van der Waals surface area contributed by atoms with Gasteiger partial charge in [0.05, 0.1) is 6.04 Å². The monoisotopic (exact) mass is 240 g/mol. The zero-order valence-corrected chi connectivity index (χ0v) is 11.6. The summed E-state index contributed by atoms with van der Waals surface area (Å²) < 4.78 is 0. The van der Waals surface area contributed by atoms with Gasteiger partial charge in [0, 0.05) is 12.1 Å². The summed E-state index contributed by atoms with van der Waals surface area (Å²) in [4.78, 5) is 11.9. The molecule has 17 heavy (non-hydrogen) atoms. The number of rotatable bonds is 7. The van der Waals surface area contributed by atoms with Crippen molar-refractivity contribution in [2.45, 2.75) is 83.8 Å². The van der Waals surface area contributed by atoms with Crippen molar-refractivity contribution in [2.75, 3.05) is 0 Å². The molecule has 0 aromatic rings. The second kappa shape index (κ2) is 7.70. The first-order valence-corrected chi connectivity index (χ1v) is 7.20. The first-order chi connectivity index (χ1) is 8.13. The minimum Gasteiger partial charge on any atom is -0.352 e. The van der Waals surface area contributed by atoms with E-state index in [1.807, 2.05) is 6.92 Å². The number of nitrogens with one attached hydrogen (secondary N) is 2. The Kier molecular flexibility index (Phi) is 6.56. The third-order valence-electron chi connectivity index (χ3n) is 3.62. The molecule has 0 saturated heterocycles. The van der Waals surface area contributed by atoms with E-state index in [1.165, 1.54) is 25.7 Å². The predicted molar refractivity (Wildman–Crippen MR) is 72.0 cm³/mol. The number of hydrogen-bond acceptors (Lipinski definition) is 2. The molecule has 3 nitrogen and oxygen atoms in total. The molecule has 1 saturated carbocycles. The Bertz CT molecular complexity index is 224. The summed E-state index contributed by atoms with van der Waals surface area (Å²) in [5, 5.41) is 6.51. The van der Waals surface area contributed by atoms with Gasteiger partial charge in [0.1, 0.15) is 0 Å². The van der Waals surface area contributed by atoms with Gasteiger partial charge in [-0.15, -0.1) is 0 Å². The van der Waals surface area contributed by atoms with Gasteiger partial charge in [-0.05, 0) is 33.1 Å². The molecule has 0 radical (unpaired) electrons. The molecule has 1 aliphatic rings. The molecule has 1 fully saturated rings. The maximum Gasteiger partial charge on any atom is 0.237 e. The zero-order valence-electron chi connectivity index (χ0n) is 11.6. The van der Waals surface area contributed by atoms with E-state index in [0.29, 0.717) is 12.1 Å². The Labute approximate surface area is 106 Å². The molecule has 2 unspecified atom stereocenters. The predicted octanol–water partition coefficient (Wildman–Crippen LogP) is 2.60. The number of amides is 1. The Morgan fingerprint density at radius 3 is 2.53 bits per heavy atom. The summed E-state index contributed by atoms with van der Waals surface area (Å²) in [6.07, 6.45) is 8.43. The van der Waals surface area contributed by atoms with Crippen molar-refractivity contribution < 1.29 is 4.79 Å². The Morgan fingerprint density at radius 2 is 1.94 bits per heavy atom. The molecule has 0 spiro atoms. The van der Waals surface area contributed by atoms with E-state index in [-0.39, 0.29) is 11.9 Å². The van der Waals surface area contributed by atoms with Gasteiger partial charge in [0.15, 0.2) is 0 Å². The van der Waals surface area contributed by atoms with Gasteiger partial charge < -0.3 is 10.6 Å². The van der Waals surface area contributed by atoms with Crippen LogP contribution in [0.1, 0.15) is 65.7 Å². The Hall–Kier alpha value is -0.570. The van der Waals surface area contributed by atoms with Crippen LogP contribution in [0.25, 0.3) is 0 Å². The van der Waals surface area contributed by atoms with E-state index in [1.54, 1.807) is 0 Å². The van der Waals surface area contributed by atoms with Crippen LogP contribution in [0, 0.1) is 0 Å². The van der Waals surface area contributed by atoms with Crippen LogP contribution in [-0.2, 0) is 4.79 Å². The summed E-state index contributed by atoms with van der Waals surface area (Å²) in [5.74, 6) is 0.167. The molecular weight excluding hydrogens is 212 g/mol. The molecule has 0 aromatic heterocycles. The summed E-state index contributed by atoms with van der Waals surface area (Å²) in [7, 11) is 0. The van der Waals surface area contributed by atoms with E-state index < -0.39 is 0 Å². The molecule has 1 aliphatic carbocycles. The zero-order chi connectivity index (χ0) is 12.7. The minimum absolute atomic E-state index is 0.0672. The van der Waals surface area contributed by atoms with Crippen molar-refractivity contribution in [3.63, 3.8) is 0 Å². The smallest absolute Gasteiger partial charge is 0.237 e. The van der Waals surface area contributed by atoms with E-state index >= 15 is 0 Å². The average molecular weight is 240 g/mol. The van der Waals surface area contributed by atoms with E-state index in [2.05, 4.69) is 24.5 Å². The number of hydrogen-bond donors (Lipinski definition) is 2. The second-order valence-electron chi connectivity index (χ2n) is 5.42. The first kappa shape index (κ1) is 14.5. The van der Waals surface area contributed by atoms with Crippen molar-refractivity contribution in [2.24, 2.45) is 0 Å². The van der Waals surface area contributed by atoms with Gasteiger partial charge in [-0.25, -0.2) is 0 Å². The maximum absolute atomic E-state index is 11.9. The summed E-state index contributed by atoms with van der Waals surface area (Å²) in [6.45, 7) is 6.32. The van der Waals surface area contributed by atoms with E-state index in [9.17, 15) is 4.79 Å². The number of carbonyl (C=O) groups excluding carboxylic acids is 1. The van der Waals surface area contributed by atoms with Gasteiger partial charge in [-0.2, -0.15) is 0 Å². The van der Waals surface area contributed by atoms with Crippen molar-refractivity contribution in [3.8, 4) is 0 Å². The lowest BCUT2D eigenvalue weighted by Gasteiger charge is -2.21. The van der Waals surface area contributed by atoms with Crippen LogP contribution in [0.2, 0.25) is 0 Å². The fraction of sp³-hybridized carbons (Fsp3) is 0.929. The largest absolute Gasteiger partial charge is 0.352 e. The van der Waals surface area contributed by atoms with Crippen molar-refractivity contribution >= 4 is 5.91 Å². The molecule has 0 bridgehead atoms. The highest BCUT2D eigenvalue weighted by Crippen LogP contribution is 2.17. The SMILES string of the molecule is CCCCC(C)NC(C)C(=O)NC1CCCC1. The summed E-state index contributed by atoms with van der Waals surface area (Å²) in [6, 6.07) is 0.791. The van der Waals surface area contributed by atoms with Crippen LogP contribution in [-0.4, -0.2) is 24.0 Å². The highest BCUT2D eigenvalue weighted by Gasteiger charge is 2.21. The van der Waals surface area contributed by atoms with Gasteiger partial charge in [-0.1, -0.05) is 32.6 Å². The van der Waals surface area contributed by atoms with Crippen molar-refractivity contribution in [1.82, 2.24) is 10.6 Å². The van der Waals surface area contributed by atoms with Crippen LogP contribution >= 0.6 is 0 Å². The third-order valence-corrected chi connectivity index (χ3v) is 3.62. The molecule has 100 valence electrons. The lowest BCUT2D eigenvalue weighted by molar-refractivity contribution is -0.123. The van der Waals surface area contributed by atoms with Crippen molar-refractivity contribution in [1.29, 1.82) is 0 Å². The molecule has 1 rings (SSSR count). The molecule has 0 heterocycles. The quantitative estimate of drug-likeness (QED) is 0.718. The molecule has 1 amide bonds. The fourth-order valence-corrected chi connectivity index (χ4v) is 2.49. The number of carbonyl (C=O) groups is 1. The Balaban J connectivity index is 2.20. The maximum atomic E-state index is 11.9. The van der Waals surface area contributed by atoms with Crippen LogP contribution < -0.4 is 10.6 Å². The molecule has 2 N–H and O–H groups in total. The van der Waals surface area contributed by atoms with Crippen LogP contribution in [0.4, 0.5) is 0 Å². The highest BCUT2D eigenvalue weighted by atomic mass is 16.2. The molecule has 2 atom stereocenters. The average Bonchev–Trinajstić information content (AvgIpc) is 2.78. The van der Waals surface area contributed by atoms with E-state index in [4.69, 9.17) is 0 Å². The van der Waals surface area contributed by atoms with Gasteiger partial charge in [0.25, 0.3) is 0 Å². The van der Waals surface area contributed by atoms with Gasteiger partial charge >= 0.3 is 0 Å². The summed E-state index contributed by atoms with van der Waals surface area (Å²) >= 11 is 0.